The summed E-state index contributed by atoms with van der Waals surface area (Å²) in [5, 5.41) is 36.5. The maximum atomic E-state index is 11.2. The summed E-state index contributed by atoms with van der Waals surface area (Å²) in [4.78, 5) is 50.8. The normalized spacial score (nSPS) is 21.8. The van der Waals surface area contributed by atoms with E-state index in [-0.39, 0.29) is 72.0 Å². The molecule has 0 spiro atoms. The molecule has 0 aromatic rings. The number of hydrogen-bond donors (Lipinski definition) is 5. The molecule has 1 heterocycles. The van der Waals surface area contributed by atoms with Gasteiger partial charge in [-0.05, 0) is 0 Å². The molecule has 1 fully saturated rings. The molecular weight excluding hydrogens is 390 g/mol. The zero-order chi connectivity index (χ0) is 22.0. The third kappa shape index (κ3) is 10.7. The van der Waals surface area contributed by atoms with Crippen LogP contribution in [0.25, 0.3) is 0 Å². The van der Waals surface area contributed by atoms with E-state index in [2.05, 4.69) is 0 Å². The molecule has 6 N–H and O–H groups in total. The van der Waals surface area contributed by atoms with Crippen molar-refractivity contribution in [3.8, 4) is 0 Å². The van der Waals surface area contributed by atoms with Gasteiger partial charge in [-0.25, -0.2) is 0 Å². The number of carboxylic acid groups (broad SMARTS) is 4. The van der Waals surface area contributed by atoms with E-state index >= 15 is 0 Å². The number of aliphatic carboxylic acids is 4. The lowest BCUT2D eigenvalue weighted by Gasteiger charge is -2.35. The van der Waals surface area contributed by atoms with Gasteiger partial charge in [0.1, 0.15) is 0 Å². The molecule has 0 aromatic carbocycles. The maximum Gasteiger partial charge on any atom is 0.317 e. The number of carbonyl (C=O) groups is 4. The third-order valence-corrected chi connectivity index (χ3v) is 4.50. The third-order valence-electron chi connectivity index (χ3n) is 4.50. The summed E-state index contributed by atoms with van der Waals surface area (Å²) in [6, 6.07) is 0. The average molecular weight is 419 g/mol. The van der Waals surface area contributed by atoms with E-state index < -0.39 is 30.0 Å². The van der Waals surface area contributed by atoms with Gasteiger partial charge in [-0.3, -0.25) is 38.8 Å². The molecule has 0 aliphatic carbocycles. The molecule has 0 amide bonds. The van der Waals surface area contributed by atoms with Gasteiger partial charge in [-0.15, -0.1) is 0 Å². The molecule has 0 bridgehead atoms. The molecule has 13 heteroatoms. The van der Waals surface area contributed by atoms with Crippen LogP contribution in [0.5, 0.6) is 0 Å². The Balaban J connectivity index is 3.01. The Labute approximate surface area is 167 Å². The van der Waals surface area contributed by atoms with E-state index in [1.807, 2.05) is 0 Å². The van der Waals surface area contributed by atoms with Gasteiger partial charge in [0.05, 0.1) is 32.3 Å². The Morgan fingerprint density at radius 2 is 0.966 bits per heavy atom. The standard InChI is InChI=1S/C16H29N5O8/c17-12-7-20(10-15(26)27)4-3-18(8-13(22)23)1-2-19(9-14(24)25)5-6-21(12)11-16(28)29/h12H,1-11,17H2,(H,22,23)(H,24,25)(H,26,27)(H,28,29). The van der Waals surface area contributed by atoms with E-state index in [0.29, 0.717) is 0 Å². The largest absolute Gasteiger partial charge is 0.480 e. The highest BCUT2D eigenvalue weighted by atomic mass is 16.4. The topological polar surface area (TPSA) is 188 Å². The van der Waals surface area contributed by atoms with Crippen LogP contribution in [0.3, 0.4) is 0 Å². The molecule has 1 atom stereocenters. The van der Waals surface area contributed by atoms with Crippen molar-refractivity contribution < 1.29 is 39.6 Å². The van der Waals surface area contributed by atoms with Crippen molar-refractivity contribution in [2.75, 3.05) is 72.0 Å². The number of rotatable bonds is 8. The van der Waals surface area contributed by atoms with E-state index in [0.717, 1.165) is 0 Å². The van der Waals surface area contributed by atoms with Crippen molar-refractivity contribution in [1.82, 2.24) is 19.6 Å². The predicted octanol–water partition coefficient (Wildman–Crippen LogP) is -3.17. The number of nitrogens with two attached hydrogens (primary N) is 1. The van der Waals surface area contributed by atoms with Crippen LogP contribution in [0, 0.1) is 0 Å². The minimum Gasteiger partial charge on any atom is -0.480 e. The molecule has 1 saturated heterocycles. The number of carboxylic acids is 4. The van der Waals surface area contributed by atoms with Gasteiger partial charge in [0.25, 0.3) is 0 Å². The van der Waals surface area contributed by atoms with Gasteiger partial charge in [-0.1, -0.05) is 0 Å². The molecule has 1 aliphatic heterocycles. The first-order chi connectivity index (χ1) is 13.6. The smallest absolute Gasteiger partial charge is 0.317 e. The van der Waals surface area contributed by atoms with Crippen LogP contribution in [0.1, 0.15) is 0 Å². The fourth-order valence-corrected chi connectivity index (χ4v) is 3.10. The second-order valence-electron chi connectivity index (χ2n) is 6.90. The molecule has 13 nitrogen and oxygen atoms in total. The van der Waals surface area contributed by atoms with E-state index in [1.54, 1.807) is 9.80 Å². The lowest BCUT2D eigenvalue weighted by molar-refractivity contribution is -0.142. The molecule has 1 aliphatic rings. The first kappa shape index (κ1) is 24.7. The lowest BCUT2D eigenvalue weighted by atomic mass is 10.3. The second-order valence-corrected chi connectivity index (χ2v) is 6.90. The Morgan fingerprint density at radius 3 is 1.38 bits per heavy atom. The minimum atomic E-state index is -1.10. The molecule has 1 unspecified atom stereocenters. The summed E-state index contributed by atoms with van der Waals surface area (Å²) < 4.78 is 0. The van der Waals surface area contributed by atoms with Crippen molar-refractivity contribution in [1.29, 1.82) is 0 Å². The van der Waals surface area contributed by atoms with Crippen LogP contribution < -0.4 is 5.73 Å². The highest BCUT2D eigenvalue weighted by molar-refractivity contribution is 5.70. The Kier molecular flexibility index (Phi) is 10.5. The van der Waals surface area contributed by atoms with Crippen molar-refractivity contribution >= 4 is 23.9 Å². The molecule has 29 heavy (non-hydrogen) atoms. The Morgan fingerprint density at radius 1 is 0.621 bits per heavy atom. The Bertz CT molecular complexity index is 590. The van der Waals surface area contributed by atoms with Gasteiger partial charge in [0.2, 0.25) is 0 Å². The van der Waals surface area contributed by atoms with Gasteiger partial charge in [-0.2, -0.15) is 0 Å². The zero-order valence-corrected chi connectivity index (χ0v) is 16.1. The van der Waals surface area contributed by atoms with Crippen molar-refractivity contribution in [2.45, 2.75) is 6.17 Å². The van der Waals surface area contributed by atoms with Gasteiger partial charge >= 0.3 is 23.9 Å². The van der Waals surface area contributed by atoms with Crippen molar-refractivity contribution in [2.24, 2.45) is 5.73 Å². The van der Waals surface area contributed by atoms with Gasteiger partial charge < -0.3 is 26.2 Å². The minimum absolute atomic E-state index is 0.0689. The summed E-state index contributed by atoms with van der Waals surface area (Å²) in [6.07, 6.45) is -0.788. The molecule has 0 saturated carbocycles. The summed E-state index contributed by atoms with van der Waals surface area (Å²) in [6.45, 7) is 0.211. The van der Waals surface area contributed by atoms with Gasteiger partial charge in [0, 0.05) is 45.8 Å². The highest BCUT2D eigenvalue weighted by Crippen LogP contribution is 2.04. The fourth-order valence-electron chi connectivity index (χ4n) is 3.10. The molecule has 0 aromatic heterocycles. The van der Waals surface area contributed by atoms with Crippen LogP contribution in [0.2, 0.25) is 0 Å². The number of nitrogens with zero attached hydrogens (tertiary/aromatic N) is 4. The molecular formula is C16H29N5O8. The van der Waals surface area contributed by atoms with E-state index in [1.165, 1.54) is 9.80 Å². The van der Waals surface area contributed by atoms with Gasteiger partial charge in [0.15, 0.2) is 0 Å². The van der Waals surface area contributed by atoms with Crippen molar-refractivity contribution in [3.05, 3.63) is 0 Å². The summed E-state index contributed by atoms with van der Waals surface area (Å²) in [7, 11) is 0. The molecule has 1 rings (SSSR count). The fraction of sp³-hybridized carbons (Fsp3) is 0.750. The monoisotopic (exact) mass is 419 g/mol. The van der Waals surface area contributed by atoms with Crippen LogP contribution in [0.4, 0.5) is 0 Å². The second kappa shape index (κ2) is 12.3. The summed E-state index contributed by atoms with van der Waals surface area (Å²) in [5.41, 5.74) is 6.12. The zero-order valence-electron chi connectivity index (χ0n) is 16.1. The lowest BCUT2D eigenvalue weighted by Crippen LogP contribution is -2.56. The maximum absolute atomic E-state index is 11.2. The van der Waals surface area contributed by atoms with Crippen LogP contribution in [0.15, 0.2) is 0 Å². The van der Waals surface area contributed by atoms with Crippen LogP contribution in [-0.2, 0) is 19.2 Å². The summed E-state index contributed by atoms with van der Waals surface area (Å²) >= 11 is 0. The average Bonchev–Trinajstić information content (AvgIpc) is 2.57. The quantitative estimate of drug-likeness (QED) is 0.265. The van der Waals surface area contributed by atoms with Crippen molar-refractivity contribution in [3.63, 3.8) is 0 Å². The SMILES string of the molecule is NC1CN(CC(=O)O)CCN(CC(=O)O)CCN(CC(=O)O)CCN1CC(=O)O. The Hall–Kier alpha value is -2.32. The van der Waals surface area contributed by atoms with Crippen LogP contribution >= 0.6 is 0 Å². The molecule has 0 radical (unpaired) electrons. The number of hydrogen-bond acceptors (Lipinski definition) is 9. The predicted molar refractivity (Wildman–Crippen MR) is 99.4 cm³/mol. The molecule has 166 valence electrons. The van der Waals surface area contributed by atoms with Crippen LogP contribution in [-0.4, -0.2) is 142 Å². The first-order valence-corrected chi connectivity index (χ1v) is 9.10. The summed E-state index contributed by atoms with van der Waals surface area (Å²) in [5.74, 6) is -4.28. The van der Waals surface area contributed by atoms with E-state index in [9.17, 15) is 19.2 Å². The highest BCUT2D eigenvalue weighted by Gasteiger charge is 2.24. The van der Waals surface area contributed by atoms with E-state index in [4.69, 9.17) is 26.2 Å². The first-order valence-electron chi connectivity index (χ1n) is 9.10.